The van der Waals surface area contributed by atoms with Crippen molar-refractivity contribution in [2.45, 2.75) is 38.8 Å². The van der Waals surface area contributed by atoms with Gasteiger partial charge >= 0.3 is 0 Å². The van der Waals surface area contributed by atoms with Gasteiger partial charge in [0.2, 0.25) is 0 Å². The minimum absolute atomic E-state index is 0.105. The molecule has 0 saturated heterocycles. The highest BCUT2D eigenvalue weighted by Gasteiger charge is 2.22. The molecule has 2 unspecified atom stereocenters. The van der Waals surface area contributed by atoms with E-state index in [1.807, 2.05) is 13.8 Å². The van der Waals surface area contributed by atoms with E-state index in [0.717, 1.165) is 0 Å². The predicted molar refractivity (Wildman–Crippen MR) is 70.4 cm³/mol. The molecular weight excluding hydrogens is 232 g/mol. The van der Waals surface area contributed by atoms with Gasteiger partial charge in [0.25, 0.3) is 5.69 Å². The molecule has 0 aromatic heterocycles. The summed E-state index contributed by atoms with van der Waals surface area (Å²) in [7, 11) is 0. The summed E-state index contributed by atoms with van der Waals surface area (Å²) >= 11 is 0. The van der Waals surface area contributed by atoms with E-state index in [9.17, 15) is 15.2 Å². The van der Waals surface area contributed by atoms with E-state index in [1.165, 1.54) is 6.07 Å². The van der Waals surface area contributed by atoms with Crippen LogP contribution >= 0.6 is 0 Å². The van der Waals surface area contributed by atoms with Crippen LogP contribution in [0.15, 0.2) is 24.3 Å². The van der Waals surface area contributed by atoms with Crippen molar-refractivity contribution in [3.05, 3.63) is 39.9 Å². The van der Waals surface area contributed by atoms with Crippen molar-refractivity contribution in [2.24, 2.45) is 0 Å². The van der Waals surface area contributed by atoms with Gasteiger partial charge in [-0.2, -0.15) is 0 Å². The molecule has 2 atom stereocenters. The molecule has 5 heteroatoms. The summed E-state index contributed by atoms with van der Waals surface area (Å²) in [5, 5.41) is 23.9. The van der Waals surface area contributed by atoms with Crippen LogP contribution in [0.1, 0.15) is 38.8 Å². The zero-order chi connectivity index (χ0) is 13.8. The lowest BCUT2D eigenvalue weighted by Crippen LogP contribution is -2.38. The van der Waals surface area contributed by atoms with Gasteiger partial charge in [-0.1, -0.05) is 25.1 Å². The number of aliphatic hydroxyl groups is 1. The van der Waals surface area contributed by atoms with Gasteiger partial charge in [-0.05, 0) is 20.3 Å². The Bertz CT molecular complexity index is 418. The van der Waals surface area contributed by atoms with Crippen molar-refractivity contribution in [1.82, 2.24) is 5.32 Å². The first-order valence-electron chi connectivity index (χ1n) is 6.06. The first kappa shape index (κ1) is 14.6. The van der Waals surface area contributed by atoms with E-state index < -0.39 is 5.60 Å². The van der Waals surface area contributed by atoms with Gasteiger partial charge in [-0.15, -0.1) is 0 Å². The summed E-state index contributed by atoms with van der Waals surface area (Å²) < 4.78 is 0. The number of nitro benzene ring substituents is 1. The van der Waals surface area contributed by atoms with Crippen LogP contribution in [0.2, 0.25) is 0 Å². The molecule has 0 aliphatic carbocycles. The summed E-state index contributed by atoms with van der Waals surface area (Å²) in [5.74, 6) is 0. The van der Waals surface area contributed by atoms with Gasteiger partial charge in [0.05, 0.1) is 10.5 Å². The average Bonchev–Trinajstić information content (AvgIpc) is 2.36. The summed E-state index contributed by atoms with van der Waals surface area (Å²) in [6, 6.07) is 6.47. The summed E-state index contributed by atoms with van der Waals surface area (Å²) in [6.07, 6.45) is 0.629. The Balaban J connectivity index is 2.79. The van der Waals surface area contributed by atoms with Crippen molar-refractivity contribution in [1.29, 1.82) is 0 Å². The second kappa shape index (κ2) is 5.93. The zero-order valence-corrected chi connectivity index (χ0v) is 11.0. The molecule has 1 aromatic carbocycles. The molecule has 0 heterocycles. The van der Waals surface area contributed by atoms with E-state index in [0.29, 0.717) is 18.5 Å². The average molecular weight is 252 g/mol. The lowest BCUT2D eigenvalue weighted by molar-refractivity contribution is -0.385. The number of hydrogen-bond donors (Lipinski definition) is 2. The molecule has 1 aromatic rings. The van der Waals surface area contributed by atoms with Gasteiger partial charge in [-0.25, -0.2) is 0 Å². The van der Waals surface area contributed by atoms with Crippen molar-refractivity contribution in [3.8, 4) is 0 Å². The molecule has 18 heavy (non-hydrogen) atoms. The highest BCUT2D eigenvalue weighted by atomic mass is 16.6. The van der Waals surface area contributed by atoms with Crippen LogP contribution in [-0.4, -0.2) is 22.2 Å². The fourth-order valence-corrected chi connectivity index (χ4v) is 1.63. The Hall–Kier alpha value is -1.46. The minimum atomic E-state index is -0.794. The number of nitrogens with zero attached hydrogens (tertiary/aromatic N) is 1. The minimum Gasteiger partial charge on any atom is -0.389 e. The fourth-order valence-electron chi connectivity index (χ4n) is 1.63. The standard InChI is InChI=1S/C13H20N2O3/c1-4-13(3,16)9-14-10(2)11-7-5-6-8-12(11)15(17)18/h5-8,10,14,16H,4,9H2,1-3H3. The van der Waals surface area contributed by atoms with Crippen LogP contribution in [0.4, 0.5) is 5.69 Å². The number of nitrogens with one attached hydrogen (secondary N) is 1. The molecule has 1 rings (SSSR count). The monoisotopic (exact) mass is 252 g/mol. The van der Waals surface area contributed by atoms with Gasteiger partial charge in [0, 0.05) is 24.2 Å². The fraction of sp³-hybridized carbons (Fsp3) is 0.538. The largest absolute Gasteiger partial charge is 0.389 e. The molecule has 5 nitrogen and oxygen atoms in total. The summed E-state index contributed by atoms with van der Waals surface area (Å²) in [6.45, 7) is 5.90. The topological polar surface area (TPSA) is 75.4 Å². The third-order valence-electron chi connectivity index (χ3n) is 3.15. The number of benzene rings is 1. The van der Waals surface area contributed by atoms with Crippen LogP contribution in [0.5, 0.6) is 0 Å². The Morgan fingerprint density at radius 1 is 1.50 bits per heavy atom. The maximum Gasteiger partial charge on any atom is 0.274 e. The third-order valence-corrected chi connectivity index (χ3v) is 3.15. The van der Waals surface area contributed by atoms with E-state index in [2.05, 4.69) is 5.32 Å². The number of hydrogen-bond acceptors (Lipinski definition) is 4. The first-order chi connectivity index (χ1) is 8.37. The molecule has 0 saturated carbocycles. The van der Waals surface area contributed by atoms with E-state index >= 15 is 0 Å². The Labute approximate surface area is 107 Å². The van der Waals surface area contributed by atoms with Gasteiger partial charge in [0.15, 0.2) is 0 Å². The smallest absolute Gasteiger partial charge is 0.274 e. The van der Waals surface area contributed by atoms with Gasteiger partial charge < -0.3 is 10.4 Å². The van der Waals surface area contributed by atoms with Gasteiger partial charge in [0.1, 0.15) is 0 Å². The second-order valence-corrected chi connectivity index (χ2v) is 4.77. The molecule has 100 valence electrons. The summed E-state index contributed by atoms with van der Waals surface area (Å²) in [4.78, 5) is 10.5. The van der Waals surface area contributed by atoms with Crippen LogP contribution in [-0.2, 0) is 0 Å². The molecule has 0 amide bonds. The van der Waals surface area contributed by atoms with E-state index in [1.54, 1.807) is 25.1 Å². The summed E-state index contributed by atoms with van der Waals surface area (Å²) in [5.41, 5.74) is -0.0549. The molecule has 0 spiro atoms. The third kappa shape index (κ3) is 3.78. The normalized spacial score (nSPS) is 16.0. The zero-order valence-electron chi connectivity index (χ0n) is 11.0. The highest BCUT2D eigenvalue weighted by Crippen LogP contribution is 2.24. The SMILES string of the molecule is CCC(C)(O)CNC(C)c1ccccc1[N+](=O)[O-]. The van der Waals surface area contributed by atoms with Crippen LogP contribution < -0.4 is 5.32 Å². The van der Waals surface area contributed by atoms with E-state index in [4.69, 9.17) is 0 Å². The molecular formula is C13H20N2O3. The Morgan fingerprint density at radius 3 is 2.67 bits per heavy atom. The quantitative estimate of drug-likeness (QED) is 0.602. The number of para-hydroxylation sites is 1. The number of nitro groups is 1. The van der Waals surface area contributed by atoms with Gasteiger partial charge in [-0.3, -0.25) is 10.1 Å². The molecule has 0 bridgehead atoms. The molecule has 2 N–H and O–H groups in total. The number of rotatable bonds is 6. The van der Waals surface area contributed by atoms with Crippen molar-refractivity contribution >= 4 is 5.69 Å². The van der Waals surface area contributed by atoms with Crippen LogP contribution in [0.3, 0.4) is 0 Å². The predicted octanol–water partition coefficient (Wildman–Crippen LogP) is 2.41. The molecule has 0 aliphatic rings. The molecule has 0 radical (unpaired) electrons. The molecule has 0 fully saturated rings. The van der Waals surface area contributed by atoms with Crippen molar-refractivity contribution in [3.63, 3.8) is 0 Å². The maximum atomic E-state index is 10.9. The maximum absolute atomic E-state index is 10.9. The Kier molecular flexibility index (Phi) is 4.81. The lowest BCUT2D eigenvalue weighted by atomic mass is 10.0. The lowest BCUT2D eigenvalue weighted by Gasteiger charge is -2.24. The molecule has 0 aliphatic heterocycles. The first-order valence-corrected chi connectivity index (χ1v) is 6.06. The Morgan fingerprint density at radius 2 is 2.11 bits per heavy atom. The van der Waals surface area contributed by atoms with Crippen molar-refractivity contribution in [2.75, 3.05) is 6.54 Å². The van der Waals surface area contributed by atoms with E-state index in [-0.39, 0.29) is 16.7 Å². The second-order valence-electron chi connectivity index (χ2n) is 4.77. The van der Waals surface area contributed by atoms with Crippen molar-refractivity contribution < 1.29 is 10.0 Å². The van der Waals surface area contributed by atoms with Crippen LogP contribution in [0.25, 0.3) is 0 Å². The highest BCUT2D eigenvalue weighted by molar-refractivity contribution is 5.41. The van der Waals surface area contributed by atoms with Crippen LogP contribution in [0, 0.1) is 10.1 Å².